The molecule has 0 bridgehead atoms. The summed E-state index contributed by atoms with van der Waals surface area (Å²) in [6, 6.07) is 10.6. The van der Waals surface area contributed by atoms with Gasteiger partial charge in [0.15, 0.2) is 0 Å². The highest BCUT2D eigenvalue weighted by atomic mass is 16.3. The number of phenolic OH excluding ortho intramolecular Hbond substituents is 1. The molecule has 0 atom stereocenters. The third-order valence-corrected chi connectivity index (χ3v) is 3.42. The number of hydrogen-bond acceptors (Lipinski definition) is 4. The standard InChI is InChI=1S/C19H23N3O3/c1-12(11-16(23)20-19(2,3)4)21-22-18(25)15-10-9-13-7-5-6-8-14(13)17(15)24/h5-10,24H,11H2,1-4H3,(H,20,23)(H,22,25)/b21-12+. The number of hydrazone groups is 1. The lowest BCUT2D eigenvalue weighted by molar-refractivity contribution is -0.121. The Kier molecular flexibility index (Phi) is 5.41. The van der Waals surface area contributed by atoms with Crippen LogP contribution in [0.15, 0.2) is 41.5 Å². The lowest BCUT2D eigenvalue weighted by Crippen LogP contribution is -2.41. The molecule has 2 aromatic carbocycles. The van der Waals surface area contributed by atoms with Crippen LogP contribution in [0.5, 0.6) is 5.75 Å². The van der Waals surface area contributed by atoms with Crippen molar-refractivity contribution >= 4 is 28.3 Å². The minimum Gasteiger partial charge on any atom is -0.506 e. The molecule has 0 aliphatic carbocycles. The van der Waals surface area contributed by atoms with Crippen molar-refractivity contribution in [3.63, 3.8) is 0 Å². The first kappa shape index (κ1) is 18.4. The van der Waals surface area contributed by atoms with E-state index in [2.05, 4.69) is 15.8 Å². The topological polar surface area (TPSA) is 90.8 Å². The van der Waals surface area contributed by atoms with Crippen LogP contribution in [-0.4, -0.2) is 28.2 Å². The Bertz CT molecular complexity index is 835. The number of carbonyl (C=O) groups is 2. The zero-order valence-corrected chi connectivity index (χ0v) is 14.9. The summed E-state index contributed by atoms with van der Waals surface area (Å²) in [4.78, 5) is 24.1. The molecule has 2 aromatic rings. The first-order chi connectivity index (χ1) is 11.7. The average molecular weight is 341 g/mol. The average Bonchev–Trinajstić information content (AvgIpc) is 2.51. The molecule has 6 nitrogen and oxygen atoms in total. The van der Waals surface area contributed by atoms with E-state index in [-0.39, 0.29) is 29.2 Å². The fraction of sp³-hybridized carbons (Fsp3) is 0.316. The van der Waals surface area contributed by atoms with Crippen molar-refractivity contribution in [3.8, 4) is 5.75 Å². The molecule has 0 radical (unpaired) electrons. The Morgan fingerprint density at radius 1 is 1.12 bits per heavy atom. The molecule has 3 N–H and O–H groups in total. The number of benzene rings is 2. The van der Waals surface area contributed by atoms with Crippen molar-refractivity contribution in [1.29, 1.82) is 0 Å². The summed E-state index contributed by atoms with van der Waals surface area (Å²) >= 11 is 0. The molecule has 0 heterocycles. The third-order valence-electron chi connectivity index (χ3n) is 3.42. The van der Waals surface area contributed by atoms with Gasteiger partial charge in [-0.25, -0.2) is 5.43 Å². The van der Waals surface area contributed by atoms with E-state index >= 15 is 0 Å². The summed E-state index contributed by atoms with van der Waals surface area (Å²) in [6.07, 6.45) is 0.0846. The molecule has 0 spiro atoms. The maximum absolute atomic E-state index is 12.2. The molecule has 2 rings (SSSR count). The van der Waals surface area contributed by atoms with Crippen LogP contribution < -0.4 is 10.7 Å². The molecular formula is C19H23N3O3. The predicted octanol–water partition coefficient (Wildman–Crippen LogP) is 2.96. The van der Waals surface area contributed by atoms with Gasteiger partial charge in [-0.05, 0) is 39.1 Å². The SMILES string of the molecule is C/C(CC(=O)NC(C)(C)C)=N\NC(=O)c1ccc2ccccc2c1O. The quantitative estimate of drug-likeness (QED) is 0.590. The fourth-order valence-electron chi connectivity index (χ4n) is 2.38. The first-order valence-corrected chi connectivity index (χ1v) is 8.02. The number of hydrogen-bond donors (Lipinski definition) is 3. The van der Waals surface area contributed by atoms with E-state index in [0.29, 0.717) is 11.1 Å². The zero-order valence-electron chi connectivity index (χ0n) is 14.9. The Morgan fingerprint density at radius 2 is 1.80 bits per heavy atom. The second-order valence-electron chi connectivity index (χ2n) is 6.95. The number of phenols is 1. The van der Waals surface area contributed by atoms with Gasteiger partial charge in [0.2, 0.25) is 5.91 Å². The Morgan fingerprint density at radius 3 is 2.48 bits per heavy atom. The molecule has 0 unspecified atom stereocenters. The molecule has 0 fully saturated rings. The summed E-state index contributed by atoms with van der Waals surface area (Å²) in [7, 11) is 0. The molecular weight excluding hydrogens is 318 g/mol. The van der Waals surface area contributed by atoms with Crippen molar-refractivity contribution in [2.24, 2.45) is 5.10 Å². The predicted molar refractivity (Wildman–Crippen MR) is 98.7 cm³/mol. The van der Waals surface area contributed by atoms with Gasteiger partial charge in [0.1, 0.15) is 5.75 Å². The number of nitrogens with one attached hydrogen (secondary N) is 2. The van der Waals surface area contributed by atoms with Crippen molar-refractivity contribution in [1.82, 2.24) is 10.7 Å². The van der Waals surface area contributed by atoms with Gasteiger partial charge in [0, 0.05) is 16.6 Å². The van der Waals surface area contributed by atoms with Crippen LogP contribution >= 0.6 is 0 Å². The van der Waals surface area contributed by atoms with Gasteiger partial charge < -0.3 is 10.4 Å². The van der Waals surface area contributed by atoms with Gasteiger partial charge in [-0.2, -0.15) is 5.10 Å². The first-order valence-electron chi connectivity index (χ1n) is 8.02. The van der Waals surface area contributed by atoms with E-state index in [0.717, 1.165) is 5.39 Å². The Balaban J connectivity index is 2.07. The van der Waals surface area contributed by atoms with Crippen LogP contribution in [-0.2, 0) is 4.79 Å². The van der Waals surface area contributed by atoms with Gasteiger partial charge >= 0.3 is 0 Å². The summed E-state index contributed by atoms with van der Waals surface area (Å²) in [6.45, 7) is 7.33. The van der Waals surface area contributed by atoms with E-state index in [1.165, 1.54) is 0 Å². The second-order valence-corrected chi connectivity index (χ2v) is 6.95. The van der Waals surface area contributed by atoms with Crippen LogP contribution in [0.1, 0.15) is 44.5 Å². The van der Waals surface area contributed by atoms with Gasteiger partial charge in [-0.15, -0.1) is 0 Å². The van der Waals surface area contributed by atoms with Crippen molar-refractivity contribution in [2.45, 2.75) is 39.7 Å². The van der Waals surface area contributed by atoms with Crippen LogP contribution in [0.4, 0.5) is 0 Å². The van der Waals surface area contributed by atoms with Crippen LogP contribution in [0, 0.1) is 0 Å². The number of amides is 2. The van der Waals surface area contributed by atoms with Crippen LogP contribution in [0.25, 0.3) is 10.8 Å². The summed E-state index contributed by atoms with van der Waals surface area (Å²) < 4.78 is 0. The Hall–Kier alpha value is -2.89. The smallest absolute Gasteiger partial charge is 0.275 e. The molecule has 6 heteroatoms. The molecule has 0 aliphatic rings. The highest BCUT2D eigenvalue weighted by Gasteiger charge is 2.15. The third kappa shape index (κ3) is 5.04. The second kappa shape index (κ2) is 7.34. The highest BCUT2D eigenvalue weighted by molar-refractivity contribution is 6.05. The van der Waals surface area contributed by atoms with E-state index in [4.69, 9.17) is 0 Å². The normalized spacial score (nSPS) is 12.1. The van der Waals surface area contributed by atoms with Gasteiger partial charge in [0.25, 0.3) is 5.91 Å². The highest BCUT2D eigenvalue weighted by Crippen LogP contribution is 2.28. The van der Waals surface area contributed by atoms with Gasteiger partial charge in [0.05, 0.1) is 12.0 Å². The van der Waals surface area contributed by atoms with E-state index in [1.54, 1.807) is 31.2 Å². The van der Waals surface area contributed by atoms with Crippen molar-refractivity contribution in [3.05, 3.63) is 42.0 Å². The molecule has 0 aliphatic heterocycles. The molecule has 0 saturated carbocycles. The van der Waals surface area contributed by atoms with E-state index < -0.39 is 5.91 Å². The summed E-state index contributed by atoms with van der Waals surface area (Å²) in [5.74, 6) is -0.788. The maximum Gasteiger partial charge on any atom is 0.275 e. The van der Waals surface area contributed by atoms with E-state index in [9.17, 15) is 14.7 Å². The summed E-state index contributed by atoms with van der Waals surface area (Å²) in [5, 5.41) is 18.5. The van der Waals surface area contributed by atoms with Crippen LogP contribution in [0.2, 0.25) is 0 Å². The minimum atomic E-state index is -0.529. The number of nitrogens with zero attached hydrogens (tertiary/aromatic N) is 1. The lowest BCUT2D eigenvalue weighted by Gasteiger charge is -2.20. The monoisotopic (exact) mass is 341 g/mol. The maximum atomic E-state index is 12.2. The van der Waals surface area contributed by atoms with Crippen molar-refractivity contribution in [2.75, 3.05) is 0 Å². The van der Waals surface area contributed by atoms with Crippen LogP contribution in [0.3, 0.4) is 0 Å². The lowest BCUT2D eigenvalue weighted by atomic mass is 10.1. The van der Waals surface area contributed by atoms with Gasteiger partial charge in [-0.3, -0.25) is 9.59 Å². The number of fused-ring (bicyclic) bond motifs is 1. The molecule has 132 valence electrons. The number of aromatic hydroxyl groups is 1. The minimum absolute atomic E-state index is 0.0846. The largest absolute Gasteiger partial charge is 0.506 e. The zero-order chi connectivity index (χ0) is 18.6. The Labute approximate surface area is 146 Å². The molecule has 0 aromatic heterocycles. The van der Waals surface area contributed by atoms with Crippen molar-refractivity contribution < 1.29 is 14.7 Å². The molecule has 2 amide bonds. The van der Waals surface area contributed by atoms with Gasteiger partial charge in [-0.1, -0.05) is 30.3 Å². The van der Waals surface area contributed by atoms with E-state index in [1.807, 2.05) is 32.9 Å². The fourth-order valence-corrected chi connectivity index (χ4v) is 2.38. The molecule has 0 saturated heterocycles. The summed E-state index contributed by atoms with van der Waals surface area (Å²) in [5.41, 5.74) is 2.66. The molecule has 25 heavy (non-hydrogen) atoms. The number of rotatable bonds is 4. The number of carbonyl (C=O) groups excluding carboxylic acids is 2.